The number of nitrogens with one attached hydrogen (secondary N) is 1. The van der Waals surface area contributed by atoms with Crippen LogP contribution in [-0.2, 0) is 17.1 Å². The average molecular weight is 466 g/mol. The van der Waals surface area contributed by atoms with E-state index < -0.39 is 56.6 Å². The molecule has 0 saturated heterocycles. The second kappa shape index (κ2) is 8.96. The second-order valence-electron chi connectivity index (χ2n) is 6.20. The van der Waals surface area contributed by atoms with Gasteiger partial charge in [-0.1, -0.05) is 17.8 Å². The molecule has 0 aromatic heterocycles. The number of hydrogen-bond donors (Lipinski definition) is 1. The van der Waals surface area contributed by atoms with Crippen molar-refractivity contribution in [2.75, 3.05) is 11.1 Å². The Bertz CT molecular complexity index is 1000. The third-order valence-electron chi connectivity index (χ3n) is 3.77. The Hall–Kier alpha value is -3.09. The van der Waals surface area contributed by atoms with Crippen LogP contribution >= 0.6 is 11.8 Å². The van der Waals surface area contributed by atoms with Gasteiger partial charge in [0, 0.05) is 11.8 Å². The van der Waals surface area contributed by atoms with Crippen molar-refractivity contribution in [1.29, 1.82) is 0 Å². The maximum absolute atomic E-state index is 12.9. The molecule has 2 aromatic carbocycles. The number of carbonyl (C=O) groups excluding carboxylic acids is 2. The fourth-order valence-electron chi connectivity index (χ4n) is 2.41. The van der Waals surface area contributed by atoms with Crippen molar-refractivity contribution in [3.05, 3.63) is 68.8 Å². The lowest BCUT2D eigenvalue weighted by Gasteiger charge is -2.14. The molecule has 0 saturated carbocycles. The van der Waals surface area contributed by atoms with Gasteiger partial charge in [0.25, 0.3) is 5.69 Å². The fraction of sp³-hybridized carbons (Fsp3) is 0.222. The predicted molar refractivity (Wildman–Crippen MR) is 99.7 cm³/mol. The minimum atomic E-state index is -5.09. The minimum absolute atomic E-state index is 0.0925. The quantitative estimate of drug-likeness (QED) is 0.360. The number of nitro groups is 1. The van der Waals surface area contributed by atoms with Crippen LogP contribution in [0.2, 0.25) is 0 Å². The summed E-state index contributed by atoms with van der Waals surface area (Å²) in [5.74, 6) is -1.76. The van der Waals surface area contributed by atoms with Gasteiger partial charge in [-0.05, 0) is 36.8 Å². The zero-order chi connectivity index (χ0) is 23.6. The van der Waals surface area contributed by atoms with E-state index in [0.29, 0.717) is 29.5 Å². The lowest BCUT2D eigenvalue weighted by Crippen LogP contribution is -2.18. The predicted octanol–water partition coefficient (Wildman–Crippen LogP) is 5.45. The number of aryl methyl sites for hydroxylation is 1. The molecule has 0 atom stereocenters. The van der Waals surface area contributed by atoms with Crippen molar-refractivity contribution in [1.82, 2.24) is 0 Å². The van der Waals surface area contributed by atoms with Crippen LogP contribution < -0.4 is 5.32 Å². The molecule has 6 nitrogen and oxygen atoms in total. The first-order valence-corrected chi connectivity index (χ1v) is 9.18. The maximum atomic E-state index is 12.9. The number of anilines is 1. The SMILES string of the molecule is Cc1ccc([N+](=O)[O-])c(C(=O)SCC(=O)Nc2cc(C(F)(F)F)cc(C(F)(F)F)c2)c1. The fourth-order valence-corrected chi connectivity index (χ4v) is 3.06. The Kier molecular flexibility index (Phi) is 6.99. The van der Waals surface area contributed by atoms with Crippen molar-refractivity contribution < 1.29 is 40.9 Å². The summed E-state index contributed by atoms with van der Waals surface area (Å²) in [6.07, 6.45) is -10.2. The van der Waals surface area contributed by atoms with Crippen molar-refractivity contribution in [2.24, 2.45) is 0 Å². The maximum Gasteiger partial charge on any atom is 0.416 e. The van der Waals surface area contributed by atoms with Gasteiger partial charge in [0.1, 0.15) is 5.56 Å². The van der Waals surface area contributed by atoms with E-state index in [4.69, 9.17) is 0 Å². The molecule has 0 bridgehead atoms. The number of alkyl halides is 6. The summed E-state index contributed by atoms with van der Waals surface area (Å²) in [5, 5.41) is 12.0. The zero-order valence-electron chi connectivity index (χ0n) is 15.4. The van der Waals surface area contributed by atoms with Crippen molar-refractivity contribution in [3.63, 3.8) is 0 Å². The molecule has 0 spiro atoms. The van der Waals surface area contributed by atoms with Crippen LogP contribution in [0.25, 0.3) is 0 Å². The van der Waals surface area contributed by atoms with E-state index in [1.807, 2.05) is 5.32 Å². The van der Waals surface area contributed by atoms with Crippen LogP contribution in [0.15, 0.2) is 36.4 Å². The number of carbonyl (C=O) groups is 2. The molecule has 0 heterocycles. The highest BCUT2D eigenvalue weighted by atomic mass is 32.2. The van der Waals surface area contributed by atoms with Gasteiger partial charge in [-0.15, -0.1) is 0 Å². The third kappa shape index (κ3) is 6.44. The Morgan fingerprint density at radius 2 is 1.55 bits per heavy atom. The van der Waals surface area contributed by atoms with E-state index >= 15 is 0 Å². The first-order chi connectivity index (χ1) is 14.2. The number of hydrogen-bond acceptors (Lipinski definition) is 5. The smallest absolute Gasteiger partial charge is 0.325 e. The van der Waals surface area contributed by atoms with Gasteiger partial charge in [-0.3, -0.25) is 19.7 Å². The summed E-state index contributed by atoms with van der Waals surface area (Å²) in [6.45, 7) is 1.57. The van der Waals surface area contributed by atoms with Crippen LogP contribution in [0.1, 0.15) is 27.0 Å². The van der Waals surface area contributed by atoms with Gasteiger partial charge in [0.05, 0.1) is 21.8 Å². The number of rotatable bonds is 5. The van der Waals surface area contributed by atoms with Gasteiger partial charge in [0.15, 0.2) is 0 Å². The topological polar surface area (TPSA) is 89.3 Å². The summed E-state index contributed by atoms with van der Waals surface area (Å²) in [4.78, 5) is 34.4. The highest BCUT2D eigenvalue weighted by molar-refractivity contribution is 8.14. The average Bonchev–Trinajstić information content (AvgIpc) is 2.64. The highest BCUT2D eigenvalue weighted by Crippen LogP contribution is 2.37. The molecule has 0 aliphatic carbocycles. The normalized spacial score (nSPS) is 11.8. The zero-order valence-corrected chi connectivity index (χ0v) is 16.2. The number of nitrogens with zero attached hydrogens (tertiary/aromatic N) is 1. The molecule has 0 fully saturated rings. The molecule has 1 N–H and O–H groups in total. The van der Waals surface area contributed by atoms with Gasteiger partial charge >= 0.3 is 12.4 Å². The van der Waals surface area contributed by atoms with Crippen LogP contribution in [0.3, 0.4) is 0 Å². The summed E-state index contributed by atoms with van der Waals surface area (Å²) < 4.78 is 77.2. The van der Waals surface area contributed by atoms with Gasteiger partial charge in [-0.25, -0.2) is 0 Å². The minimum Gasteiger partial charge on any atom is -0.325 e. The Morgan fingerprint density at radius 1 is 1.00 bits per heavy atom. The molecule has 0 unspecified atom stereocenters. The number of thioether (sulfide) groups is 1. The van der Waals surface area contributed by atoms with Crippen LogP contribution in [0, 0.1) is 17.0 Å². The standard InChI is InChI=1S/C18H12F6N2O4S/c1-9-2-3-14(26(29)30)13(4-9)16(28)31-8-15(27)25-12-6-10(17(19,20)21)5-11(7-12)18(22,23)24/h2-7H,8H2,1H3,(H,25,27). The molecule has 0 radical (unpaired) electrons. The van der Waals surface area contributed by atoms with Crippen molar-refractivity contribution in [2.45, 2.75) is 19.3 Å². The van der Waals surface area contributed by atoms with Crippen LogP contribution in [-0.4, -0.2) is 21.7 Å². The number of amides is 1. The molecule has 0 aliphatic heterocycles. The van der Waals surface area contributed by atoms with Crippen LogP contribution in [0.4, 0.5) is 37.7 Å². The molecule has 0 aliphatic rings. The molecular weight excluding hydrogens is 454 g/mol. The Labute approximate surface area is 174 Å². The molecule has 166 valence electrons. The van der Waals surface area contributed by atoms with E-state index in [-0.39, 0.29) is 11.6 Å². The molecule has 13 heteroatoms. The summed E-state index contributed by atoms with van der Waals surface area (Å²) in [6, 6.07) is 4.29. The van der Waals surface area contributed by atoms with E-state index in [2.05, 4.69) is 0 Å². The van der Waals surface area contributed by atoms with Crippen molar-refractivity contribution in [3.8, 4) is 0 Å². The summed E-state index contributed by atoms with van der Waals surface area (Å²) in [5.41, 5.74) is -4.25. The largest absolute Gasteiger partial charge is 0.416 e. The van der Waals surface area contributed by atoms with E-state index in [0.717, 1.165) is 6.07 Å². The third-order valence-corrected chi connectivity index (χ3v) is 4.66. The number of halogens is 6. The molecule has 31 heavy (non-hydrogen) atoms. The van der Waals surface area contributed by atoms with E-state index in [1.165, 1.54) is 12.1 Å². The van der Waals surface area contributed by atoms with Gasteiger partial charge in [0.2, 0.25) is 11.0 Å². The monoisotopic (exact) mass is 466 g/mol. The molecule has 1 amide bonds. The highest BCUT2D eigenvalue weighted by Gasteiger charge is 2.37. The van der Waals surface area contributed by atoms with Gasteiger partial charge < -0.3 is 5.32 Å². The first-order valence-electron chi connectivity index (χ1n) is 8.20. The molecular formula is C18H12F6N2O4S. The Morgan fingerprint density at radius 3 is 2.03 bits per heavy atom. The van der Waals surface area contributed by atoms with Crippen LogP contribution in [0.5, 0.6) is 0 Å². The van der Waals surface area contributed by atoms with Crippen molar-refractivity contribution >= 4 is 34.2 Å². The molecule has 2 aromatic rings. The van der Waals surface area contributed by atoms with E-state index in [9.17, 15) is 46.0 Å². The number of nitro benzene ring substituents is 1. The second-order valence-corrected chi connectivity index (χ2v) is 7.14. The lowest BCUT2D eigenvalue weighted by molar-refractivity contribution is -0.385. The summed E-state index contributed by atoms with van der Waals surface area (Å²) >= 11 is 0.317. The summed E-state index contributed by atoms with van der Waals surface area (Å²) in [7, 11) is 0. The Balaban J connectivity index is 2.17. The lowest BCUT2D eigenvalue weighted by atomic mass is 10.1. The molecule has 2 rings (SSSR count). The first kappa shape index (κ1) is 24.2. The van der Waals surface area contributed by atoms with Gasteiger partial charge in [-0.2, -0.15) is 26.3 Å². The van der Waals surface area contributed by atoms with E-state index in [1.54, 1.807) is 6.92 Å². The number of benzene rings is 2.